The van der Waals surface area contributed by atoms with Gasteiger partial charge in [-0.05, 0) is 56.0 Å². The van der Waals surface area contributed by atoms with Crippen LogP contribution in [0.5, 0.6) is 5.75 Å². The molecular weight excluding hydrogens is 420 g/mol. The van der Waals surface area contributed by atoms with E-state index in [9.17, 15) is 18.0 Å². The van der Waals surface area contributed by atoms with Crippen LogP contribution in [0.3, 0.4) is 0 Å². The van der Waals surface area contributed by atoms with Gasteiger partial charge >= 0.3 is 6.03 Å². The minimum atomic E-state index is -3.50. The molecule has 2 fully saturated rings. The van der Waals surface area contributed by atoms with Crippen LogP contribution in [0, 0.1) is 0 Å². The van der Waals surface area contributed by atoms with E-state index in [1.54, 1.807) is 36.4 Å². The van der Waals surface area contributed by atoms with Gasteiger partial charge in [-0.3, -0.25) is 10.1 Å². The van der Waals surface area contributed by atoms with Crippen molar-refractivity contribution in [2.24, 2.45) is 0 Å². The summed E-state index contributed by atoms with van der Waals surface area (Å²) in [5.41, 5.74) is 1.06. The number of nitrogens with one attached hydrogen (secondary N) is 1. The molecule has 10 heteroatoms. The zero-order valence-electron chi connectivity index (χ0n) is 17.0. The fraction of sp³-hybridized carbons (Fsp3) is 0.429. The van der Waals surface area contributed by atoms with Gasteiger partial charge in [0.25, 0.3) is 0 Å². The zero-order chi connectivity index (χ0) is 21.8. The molecule has 1 aliphatic heterocycles. The number of hydrogen-bond acceptors (Lipinski definition) is 7. The molecule has 0 bridgehead atoms. The highest BCUT2D eigenvalue weighted by Crippen LogP contribution is 2.26. The van der Waals surface area contributed by atoms with E-state index in [4.69, 9.17) is 4.74 Å². The van der Waals surface area contributed by atoms with Crippen molar-refractivity contribution >= 4 is 21.8 Å². The number of rotatable bonds is 8. The number of ether oxygens (including phenoxy) is 1. The normalized spacial score (nSPS) is 17.2. The van der Waals surface area contributed by atoms with E-state index in [1.165, 1.54) is 4.90 Å². The number of nitrogens with zero attached hydrogens (tertiary/aromatic N) is 3. The lowest BCUT2D eigenvalue weighted by Gasteiger charge is -2.14. The van der Waals surface area contributed by atoms with Gasteiger partial charge in [0.1, 0.15) is 12.3 Å². The molecule has 1 saturated carbocycles. The Morgan fingerprint density at radius 2 is 1.81 bits per heavy atom. The number of carbonyl (C=O) groups excluding carboxylic acids is 2. The van der Waals surface area contributed by atoms with Crippen molar-refractivity contribution in [2.75, 3.05) is 12.3 Å². The predicted octanol–water partition coefficient (Wildman–Crippen LogP) is 1.87. The summed E-state index contributed by atoms with van der Waals surface area (Å²) in [5.74, 6) is 0.135. The number of urea groups is 1. The van der Waals surface area contributed by atoms with Crippen molar-refractivity contribution in [3.05, 3.63) is 47.8 Å². The van der Waals surface area contributed by atoms with E-state index in [1.807, 2.05) is 0 Å². The van der Waals surface area contributed by atoms with Crippen LogP contribution in [0.1, 0.15) is 37.1 Å². The Kier molecular flexibility index (Phi) is 6.17. The monoisotopic (exact) mass is 444 g/mol. The van der Waals surface area contributed by atoms with Gasteiger partial charge in [-0.1, -0.05) is 6.07 Å². The molecule has 1 saturated heterocycles. The predicted molar refractivity (Wildman–Crippen MR) is 111 cm³/mol. The highest BCUT2D eigenvalue weighted by molar-refractivity contribution is 7.91. The average molecular weight is 445 g/mol. The molecule has 2 aromatic rings. The lowest BCUT2D eigenvalue weighted by atomic mass is 10.3. The van der Waals surface area contributed by atoms with Gasteiger partial charge in [0.15, 0.2) is 9.84 Å². The van der Waals surface area contributed by atoms with Crippen LogP contribution in [0.15, 0.2) is 41.3 Å². The third-order valence-electron chi connectivity index (χ3n) is 5.39. The molecule has 0 spiro atoms. The van der Waals surface area contributed by atoms with E-state index in [0.717, 1.165) is 25.7 Å². The summed E-state index contributed by atoms with van der Waals surface area (Å²) in [7, 11) is -3.50. The number of carbonyl (C=O) groups is 2. The number of aromatic nitrogens is 2. The molecule has 1 N–H and O–H groups in total. The molecule has 9 nitrogen and oxygen atoms in total. The van der Waals surface area contributed by atoms with Gasteiger partial charge in [-0.2, -0.15) is 10.2 Å². The minimum Gasteiger partial charge on any atom is -0.490 e. The van der Waals surface area contributed by atoms with Crippen molar-refractivity contribution in [2.45, 2.75) is 49.6 Å². The van der Waals surface area contributed by atoms with E-state index < -0.39 is 15.9 Å². The first-order valence-corrected chi connectivity index (χ1v) is 11.9. The van der Waals surface area contributed by atoms with Crippen LogP contribution >= 0.6 is 0 Å². The topological polar surface area (TPSA) is 119 Å². The second-order valence-corrected chi connectivity index (χ2v) is 9.90. The molecule has 2 aliphatic rings. The molecule has 0 atom stereocenters. The summed E-state index contributed by atoms with van der Waals surface area (Å²) in [6, 6.07) is 9.56. The molecule has 0 radical (unpaired) electrons. The van der Waals surface area contributed by atoms with Crippen molar-refractivity contribution in [1.29, 1.82) is 0 Å². The summed E-state index contributed by atoms with van der Waals surface area (Å²) in [4.78, 5) is 24.4. The Balaban J connectivity index is 1.34. The second kappa shape index (κ2) is 9.01. The highest BCUT2D eigenvalue weighted by Gasteiger charge is 2.27. The lowest BCUT2D eigenvalue weighted by molar-refractivity contribution is -0.118. The molecular formula is C21H24N4O5S. The maximum Gasteiger partial charge on any atom is 0.324 e. The van der Waals surface area contributed by atoms with Crippen LogP contribution in [-0.2, 0) is 27.6 Å². The first-order valence-electron chi connectivity index (χ1n) is 10.3. The maximum atomic E-state index is 12.8. The first-order chi connectivity index (χ1) is 14.9. The summed E-state index contributed by atoms with van der Waals surface area (Å²) >= 11 is 0. The zero-order valence-corrected chi connectivity index (χ0v) is 17.8. The minimum absolute atomic E-state index is 0.00989. The summed E-state index contributed by atoms with van der Waals surface area (Å²) < 4.78 is 31.5. The number of benzene rings is 1. The van der Waals surface area contributed by atoms with Gasteiger partial charge in [0, 0.05) is 6.42 Å². The largest absolute Gasteiger partial charge is 0.490 e. The van der Waals surface area contributed by atoms with Crippen molar-refractivity contribution in [1.82, 2.24) is 20.4 Å². The third-order valence-corrected chi connectivity index (χ3v) is 7.11. The molecule has 1 aliphatic carbocycles. The van der Waals surface area contributed by atoms with Gasteiger partial charge in [-0.15, -0.1) is 0 Å². The van der Waals surface area contributed by atoms with Gasteiger partial charge in [-0.25, -0.2) is 13.2 Å². The fourth-order valence-electron chi connectivity index (χ4n) is 3.71. The number of aryl methyl sites for hydroxylation is 1. The van der Waals surface area contributed by atoms with Crippen LogP contribution in [0.4, 0.5) is 4.79 Å². The van der Waals surface area contributed by atoms with E-state index in [-0.39, 0.29) is 42.2 Å². The quantitative estimate of drug-likeness (QED) is 0.617. The van der Waals surface area contributed by atoms with Crippen LogP contribution < -0.4 is 10.1 Å². The summed E-state index contributed by atoms with van der Waals surface area (Å²) in [6.07, 6.45) is 4.68. The standard InChI is InChI=1S/C21H24N4O5S/c26-20-14-25(21(27)22-20)13-16-9-8-15(23-24-16)10-11-31(28,29)19-7-3-6-18(12-19)30-17-4-1-2-5-17/h3,6-9,12,17H,1-2,4-5,10-11,13-14H2,(H,22,26,27). The van der Waals surface area contributed by atoms with Crippen LogP contribution in [-0.4, -0.2) is 53.9 Å². The first kappa shape index (κ1) is 21.2. The van der Waals surface area contributed by atoms with Crippen LogP contribution in [0.2, 0.25) is 0 Å². The molecule has 164 valence electrons. The smallest absolute Gasteiger partial charge is 0.324 e. The van der Waals surface area contributed by atoms with Gasteiger partial charge < -0.3 is 9.64 Å². The lowest BCUT2D eigenvalue weighted by Crippen LogP contribution is -2.28. The highest BCUT2D eigenvalue weighted by atomic mass is 32.2. The van der Waals surface area contributed by atoms with E-state index >= 15 is 0 Å². The molecule has 31 heavy (non-hydrogen) atoms. The number of sulfone groups is 1. The Bertz CT molecular complexity index is 1070. The van der Waals surface area contributed by atoms with Crippen molar-refractivity contribution in [3.63, 3.8) is 0 Å². The molecule has 3 amide bonds. The van der Waals surface area contributed by atoms with E-state index in [0.29, 0.717) is 17.1 Å². The average Bonchev–Trinajstić information content (AvgIpc) is 3.37. The Morgan fingerprint density at radius 1 is 1.06 bits per heavy atom. The molecule has 2 heterocycles. The molecule has 0 unspecified atom stereocenters. The summed E-state index contributed by atoms with van der Waals surface area (Å²) in [6.45, 7) is 0.154. The van der Waals surface area contributed by atoms with Gasteiger partial charge in [0.05, 0.1) is 34.7 Å². The Hall–Kier alpha value is -3.01. The van der Waals surface area contributed by atoms with Crippen molar-refractivity contribution in [3.8, 4) is 5.75 Å². The number of hydrogen-bond donors (Lipinski definition) is 1. The van der Waals surface area contributed by atoms with Crippen LogP contribution in [0.25, 0.3) is 0 Å². The Labute approximate surface area is 180 Å². The molecule has 4 rings (SSSR count). The third kappa shape index (κ3) is 5.38. The molecule has 1 aromatic carbocycles. The van der Waals surface area contributed by atoms with Crippen molar-refractivity contribution < 1.29 is 22.7 Å². The maximum absolute atomic E-state index is 12.8. The number of imide groups is 1. The van der Waals surface area contributed by atoms with Gasteiger partial charge in [0.2, 0.25) is 5.91 Å². The molecule has 1 aromatic heterocycles. The SMILES string of the molecule is O=C1CN(Cc2ccc(CCS(=O)(=O)c3cccc(OC4CCCC4)c3)nn2)C(=O)N1. The second-order valence-electron chi connectivity index (χ2n) is 7.79. The fourth-order valence-corrected chi connectivity index (χ4v) is 5.00. The van der Waals surface area contributed by atoms with E-state index in [2.05, 4.69) is 15.5 Å². The number of amides is 3. The summed E-state index contributed by atoms with van der Waals surface area (Å²) in [5, 5.41) is 10.3. The Morgan fingerprint density at radius 3 is 2.48 bits per heavy atom.